The highest BCUT2D eigenvalue weighted by Crippen LogP contribution is 2.19. The fraction of sp³-hybridized carbons (Fsp3) is 0.833. The summed E-state index contributed by atoms with van der Waals surface area (Å²) in [6.45, 7) is 3.40. The Morgan fingerprint density at radius 3 is 3.00 bits per heavy atom. The molecule has 0 saturated carbocycles. The number of aliphatic hydroxyl groups excluding tert-OH is 1. The highest BCUT2D eigenvalue weighted by molar-refractivity contribution is 4.99. The number of hydrogen-bond donors (Lipinski definition) is 1. The first-order valence-corrected chi connectivity index (χ1v) is 5.71. The minimum absolute atomic E-state index is 0.295. The zero-order valence-corrected chi connectivity index (χ0v) is 9.17. The third kappa shape index (κ3) is 4.77. The summed E-state index contributed by atoms with van der Waals surface area (Å²) in [7, 11) is 0. The van der Waals surface area contributed by atoms with Crippen LogP contribution in [0.2, 0.25) is 0 Å². The smallest absolute Gasteiger partial charge is 0.0612 e. The Morgan fingerprint density at radius 1 is 1.50 bits per heavy atom. The van der Waals surface area contributed by atoms with Gasteiger partial charge >= 0.3 is 0 Å². The van der Waals surface area contributed by atoms with Gasteiger partial charge in [-0.1, -0.05) is 11.6 Å². The molecule has 2 heteroatoms. The number of hydrogen-bond acceptors (Lipinski definition) is 2. The van der Waals surface area contributed by atoms with Crippen LogP contribution in [0.25, 0.3) is 0 Å². The molecule has 1 saturated heterocycles. The van der Waals surface area contributed by atoms with Crippen LogP contribution >= 0.6 is 0 Å². The third-order valence-electron chi connectivity index (χ3n) is 2.68. The Kier molecular flexibility index (Phi) is 5.88. The summed E-state index contributed by atoms with van der Waals surface area (Å²) in [6, 6.07) is 0. The first-order valence-electron chi connectivity index (χ1n) is 5.71. The molecule has 0 aromatic carbocycles. The molecule has 0 spiro atoms. The normalized spacial score (nSPS) is 23.9. The van der Waals surface area contributed by atoms with E-state index in [1.165, 1.54) is 24.8 Å². The molecule has 0 aromatic heterocycles. The second-order valence-electron chi connectivity index (χ2n) is 4.11. The topological polar surface area (TPSA) is 29.5 Å². The summed E-state index contributed by atoms with van der Waals surface area (Å²) in [5.74, 6) is 0. The first kappa shape index (κ1) is 11.7. The number of ether oxygens (including phenoxy) is 1. The Labute approximate surface area is 87.0 Å². The molecule has 1 heterocycles. The Bertz CT molecular complexity index is 169. The maximum absolute atomic E-state index is 8.65. The fourth-order valence-corrected chi connectivity index (χ4v) is 1.85. The Balaban J connectivity index is 2.17. The molecule has 1 unspecified atom stereocenters. The van der Waals surface area contributed by atoms with E-state index in [1.807, 2.05) is 0 Å². The molecule has 0 aromatic rings. The van der Waals surface area contributed by atoms with E-state index in [9.17, 15) is 0 Å². The van der Waals surface area contributed by atoms with Gasteiger partial charge in [0.25, 0.3) is 0 Å². The summed E-state index contributed by atoms with van der Waals surface area (Å²) in [6.07, 6.45) is 9.38. The standard InChI is InChI=1S/C12H22O2/c1-11(6-2-4-8-13)10-12-7-3-5-9-14-12/h6,12-13H,2-5,7-10H2,1H3/b11-6+. The molecule has 1 rings (SSSR count). The van der Waals surface area contributed by atoms with Gasteiger partial charge in [0.15, 0.2) is 0 Å². The van der Waals surface area contributed by atoms with Gasteiger partial charge in [0.1, 0.15) is 0 Å². The van der Waals surface area contributed by atoms with Gasteiger partial charge in [0.2, 0.25) is 0 Å². The van der Waals surface area contributed by atoms with Crippen LogP contribution in [0.1, 0.15) is 45.4 Å². The van der Waals surface area contributed by atoms with Crippen LogP contribution in [0, 0.1) is 0 Å². The highest BCUT2D eigenvalue weighted by Gasteiger charge is 2.13. The van der Waals surface area contributed by atoms with Crippen LogP contribution in [0.15, 0.2) is 11.6 Å². The van der Waals surface area contributed by atoms with Crippen LogP contribution < -0.4 is 0 Å². The summed E-state index contributed by atoms with van der Waals surface area (Å²) in [5, 5.41) is 8.65. The number of allylic oxidation sites excluding steroid dienone is 1. The summed E-state index contributed by atoms with van der Waals surface area (Å²) in [4.78, 5) is 0. The van der Waals surface area contributed by atoms with Crippen molar-refractivity contribution in [3.05, 3.63) is 11.6 Å². The molecule has 1 fully saturated rings. The number of aliphatic hydroxyl groups is 1. The van der Waals surface area contributed by atoms with Crippen molar-refractivity contribution in [2.45, 2.75) is 51.6 Å². The van der Waals surface area contributed by atoms with Crippen LogP contribution in [0.4, 0.5) is 0 Å². The van der Waals surface area contributed by atoms with E-state index in [1.54, 1.807) is 0 Å². The average molecular weight is 198 g/mol. The van der Waals surface area contributed by atoms with E-state index in [2.05, 4.69) is 13.0 Å². The predicted molar refractivity (Wildman–Crippen MR) is 58.3 cm³/mol. The Morgan fingerprint density at radius 2 is 2.36 bits per heavy atom. The zero-order valence-electron chi connectivity index (χ0n) is 9.17. The van der Waals surface area contributed by atoms with Gasteiger partial charge in [-0.2, -0.15) is 0 Å². The van der Waals surface area contributed by atoms with Crippen molar-refractivity contribution >= 4 is 0 Å². The number of rotatable bonds is 5. The second-order valence-corrected chi connectivity index (χ2v) is 4.11. The van der Waals surface area contributed by atoms with Crippen molar-refractivity contribution in [3.63, 3.8) is 0 Å². The van der Waals surface area contributed by atoms with Crippen LogP contribution in [-0.4, -0.2) is 24.4 Å². The molecule has 14 heavy (non-hydrogen) atoms. The Hall–Kier alpha value is -0.340. The van der Waals surface area contributed by atoms with Gasteiger partial charge in [-0.05, 0) is 45.4 Å². The van der Waals surface area contributed by atoms with Gasteiger partial charge < -0.3 is 9.84 Å². The van der Waals surface area contributed by atoms with Gasteiger partial charge in [0, 0.05) is 13.2 Å². The molecule has 0 amide bonds. The molecule has 0 bridgehead atoms. The minimum atomic E-state index is 0.295. The molecule has 1 atom stereocenters. The van der Waals surface area contributed by atoms with Crippen LogP contribution in [-0.2, 0) is 4.74 Å². The lowest BCUT2D eigenvalue weighted by Crippen LogP contribution is -2.19. The van der Waals surface area contributed by atoms with E-state index in [0.717, 1.165) is 25.9 Å². The van der Waals surface area contributed by atoms with Gasteiger partial charge in [-0.3, -0.25) is 0 Å². The van der Waals surface area contributed by atoms with Crippen molar-refractivity contribution in [2.75, 3.05) is 13.2 Å². The van der Waals surface area contributed by atoms with E-state index < -0.39 is 0 Å². The van der Waals surface area contributed by atoms with Gasteiger partial charge in [-0.25, -0.2) is 0 Å². The van der Waals surface area contributed by atoms with Crippen molar-refractivity contribution < 1.29 is 9.84 Å². The fourth-order valence-electron chi connectivity index (χ4n) is 1.85. The van der Waals surface area contributed by atoms with Crippen molar-refractivity contribution in [3.8, 4) is 0 Å². The van der Waals surface area contributed by atoms with E-state index in [-0.39, 0.29) is 0 Å². The average Bonchev–Trinajstić information content (AvgIpc) is 2.20. The highest BCUT2D eigenvalue weighted by atomic mass is 16.5. The maximum Gasteiger partial charge on any atom is 0.0612 e. The van der Waals surface area contributed by atoms with Crippen LogP contribution in [0.5, 0.6) is 0 Å². The maximum atomic E-state index is 8.65. The van der Waals surface area contributed by atoms with Crippen molar-refractivity contribution in [1.29, 1.82) is 0 Å². The SMILES string of the molecule is C/C(=C\CCCO)CC1CCCCO1. The van der Waals surface area contributed by atoms with E-state index in [0.29, 0.717) is 12.7 Å². The lowest BCUT2D eigenvalue weighted by Gasteiger charge is -2.22. The molecule has 1 N–H and O–H groups in total. The summed E-state index contributed by atoms with van der Waals surface area (Å²) in [5.41, 5.74) is 1.41. The largest absolute Gasteiger partial charge is 0.396 e. The molecule has 82 valence electrons. The summed E-state index contributed by atoms with van der Waals surface area (Å²) >= 11 is 0. The van der Waals surface area contributed by atoms with Crippen LogP contribution in [0.3, 0.4) is 0 Å². The number of unbranched alkanes of at least 4 members (excludes halogenated alkanes) is 1. The quantitative estimate of drug-likeness (QED) is 0.543. The molecule has 1 aliphatic rings. The predicted octanol–water partition coefficient (Wildman–Crippen LogP) is 2.66. The lowest BCUT2D eigenvalue weighted by atomic mass is 10.0. The zero-order chi connectivity index (χ0) is 10.2. The second kappa shape index (κ2) is 7.02. The first-order chi connectivity index (χ1) is 6.83. The van der Waals surface area contributed by atoms with E-state index in [4.69, 9.17) is 9.84 Å². The van der Waals surface area contributed by atoms with Crippen molar-refractivity contribution in [1.82, 2.24) is 0 Å². The van der Waals surface area contributed by atoms with Gasteiger partial charge in [-0.15, -0.1) is 0 Å². The van der Waals surface area contributed by atoms with Gasteiger partial charge in [0.05, 0.1) is 6.10 Å². The molecule has 2 nitrogen and oxygen atoms in total. The lowest BCUT2D eigenvalue weighted by molar-refractivity contribution is 0.0168. The summed E-state index contributed by atoms with van der Waals surface area (Å²) < 4.78 is 5.66. The monoisotopic (exact) mass is 198 g/mol. The van der Waals surface area contributed by atoms with Crippen molar-refractivity contribution in [2.24, 2.45) is 0 Å². The molecule has 1 aliphatic heterocycles. The molecular weight excluding hydrogens is 176 g/mol. The molecule has 0 aliphatic carbocycles. The third-order valence-corrected chi connectivity index (χ3v) is 2.68. The minimum Gasteiger partial charge on any atom is -0.396 e. The molecule has 0 radical (unpaired) electrons. The van der Waals surface area contributed by atoms with E-state index >= 15 is 0 Å². The molecular formula is C12H22O2.